The summed E-state index contributed by atoms with van der Waals surface area (Å²) in [4.78, 5) is 0.355. The molecule has 0 heterocycles. The lowest BCUT2D eigenvalue weighted by Gasteiger charge is -2.23. The molecule has 1 aliphatic rings. The van der Waals surface area contributed by atoms with Crippen molar-refractivity contribution in [3.05, 3.63) is 29.8 Å². The van der Waals surface area contributed by atoms with Crippen LogP contribution in [0.5, 0.6) is 0 Å². The van der Waals surface area contributed by atoms with Crippen LogP contribution in [0.1, 0.15) is 37.3 Å². The van der Waals surface area contributed by atoms with Gasteiger partial charge in [0, 0.05) is 12.3 Å². The molecule has 0 aromatic heterocycles. The molecule has 1 atom stereocenters. The van der Waals surface area contributed by atoms with Crippen molar-refractivity contribution in [2.24, 2.45) is 11.8 Å². The fourth-order valence-corrected chi connectivity index (χ4v) is 3.35. The van der Waals surface area contributed by atoms with Crippen LogP contribution in [0.3, 0.4) is 0 Å². The number of benzene rings is 1. The maximum atomic E-state index is 11.4. The van der Waals surface area contributed by atoms with Crippen LogP contribution < -0.4 is 11.3 Å². The van der Waals surface area contributed by atoms with Gasteiger partial charge in [0.05, 0.1) is 4.90 Å². The van der Waals surface area contributed by atoms with Gasteiger partial charge in [0.25, 0.3) is 0 Å². The standard InChI is InChI=1S/C13H20N2O2S/c1-18(16,17)12-8-6-11(7-9-12)13(15-14)10-4-2-3-5-10/h6-10,13,15H,2-5,14H2,1H3. The largest absolute Gasteiger partial charge is 0.271 e. The molecule has 1 aromatic rings. The third-order valence-corrected chi connectivity index (χ3v) is 4.85. The van der Waals surface area contributed by atoms with Crippen molar-refractivity contribution in [2.75, 3.05) is 6.26 Å². The number of hydrogen-bond acceptors (Lipinski definition) is 4. The fraction of sp³-hybridized carbons (Fsp3) is 0.538. The van der Waals surface area contributed by atoms with Crippen molar-refractivity contribution in [1.82, 2.24) is 5.43 Å². The minimum Gasteiger partial charge on any atom is -0.271 e. The number of nitrogens with one attached hydrogen (secondary N) is 1. The SMILES string of the molecule is CS(=O)(=O)c1ccc(C(NN)C2CCCC2)cc1. The molecule has 0 amide bonds. The summed E-state index contributed by atoms with van der Waals surface area (Å²) in [5, 5.41) is 0. The Morgan fingerprint density at radius 3 is 2.22 bits per heavy atom. The summed E-state index contributed by atoms with van der Waals surface area (Å²) >= 11 is 0. The highest BCUT2D eigenvalue weighted by Crippen LogP contribution is 2.35. The molecule has 0 bridgehead atoms. The first-order valence-corrected chi connectivity index (χ1v) is 8.17. The van der Waals surface area contributed by atoms with Gasteiger partial charge >= 0.3 is 0 Å². The lowest BCUT2D eigenvalue weighted by atomic mass is 9.92. The van der Waals surface area contributed by atoms with Gasteiger partial charge < -0.3 is 0 Å². The van der Waals surface area contributed by atoms with Gasteiger partial charge in [-0.3, -0.25) is 11.3 Å². The molecule has 1 aromatic carbocycles. The van der Waals surface area contributed by atoms with Gasteiger partial charge in [-0.05, 0) is 36.5 Å². The van der Waals surface area contributed by atoms with E-state index in [4.69, 9.17) is 5.84 Å². The van der Waals surface area contributed by atoms with E-state index in [1.165, 1.54) is 31.9 Å². The minimum absolute atomic E-state index is 0.126. The van der Waals surface area contributed by atoms with Crippen LogP contribution in [-0.4, -0.2) is 14.7 Å². The molecule has 1 aliphatic carbocycles. The molecule has 0 spiro atoms. The summed E-state index contributed by atoms with van der Waals surface area (Å²) in [5.41, 5.74) is 3.94. The normalized spacial score (nSPS) is 19.0. The molecule has 3 N–H and O–H groups in total. The van der Waals surface area contributed by atoms with Gasteiger partial charge in [0.1, 0.15) is 0 Å². The lowest BCUT2D eigenvalue weighted by Crippen LogP contribution is -2.32. The van der Waals surface area contributed by atoms with Crippen molar-refractivity contribution in [1.29, 1.82) is 0 Å². The fourth-order valence-electron chi connectivity index (χ4n) is 2.72. The van der Waals surface area contributed by atoms with Crippen LogP contribution in [0.4, 0.5) is 0 Å². The average molecular weight is 268 g/mol. The number of rotatable bonds is 4. The van der Waals surface area contributed by atoms with E-state index in [1.54, 1.807) is 12.1 Å². The van der Waals surface area contributed by atoms with E-state index in [2.05, 4.69) is 5.43 Å². The Labute approximate surface area is 108 Å². The second kappa shape index (κ2) is 5.38. The molecule has 0 saturated heterocycles. The van der Waals surface area contributed by atoms with Crippen LogP contribution in [0.25, 0.3) is 0 Å². The maximum absolute atomic E-state index is 11.4. The molecule has 1 fully saturated rings. The molecular weight excluding hydrogens is 248 g/mol. The van der Waals surface area contributed by atoms with Gasteiger partial charge in [-0.2, -0.15) is 0 Å². The first-order valence-electron chi connectivity index (χ1n) is 6.28. The molecule has 4 nitrogen and oxygen atoms in total. The van der Waals surface area contributed by atoms with Crippen LogP contribution in [0.15, 0.2) is 29.2 Å². The van der Waals surface area contributed by atoms with Gasteiger partial charge in [-0.15, -0.1) is 0 Å². The number of hydrazine groups is 1. The van der Waals surface area contributed by atoms with Gasteiger partial charge in [0.15, 0.2) is 9.84 Å². The predicted molar refractivity (Wildman–Crippen MR) is 71.6 cm³/mol. The zero-order valence-corrected chi connectivity index (χ0v) is 11.4. The molecular formula is C13H20N2O2S. The Bertz CT molecular complexity index is 490. The van der Waals surface area contributed by atoms with E-state index in [-0.39, 0.29) is 6.04 Å². The molecule has 18 heavy (non-hydrogen) atoms. The molecule has 1 unspecified atom stereocenters. The predicted octanol–water partition coefficient (Wildman–Crippen LogP) is 1.78. The molecule has 0 radical (unpaired) electrons. The third kappa shape index (κ3) is 2.91. The first-order chi connectivity index (χ1) is 8.52. The van der Waals surface area contributed by atoms with E-state index < -0.39 is 9.84 Å². The average Bonchev–Trinajstić information content (AvgIpc) is 2.83. The Hall–Kier alpha value is -0.910. The summed E-state index contributed by atoms with van der Waals surface area (Å²) in [7, 11) is -3.12. The number of nitrogens with two attached hydrogens (primary N) is 1. The van der Waals surface area contributed by atoms with E-state index >= 15 is 0 Å². The summed E-state index contributed by atoms with van der Waals surface area (Å²) in [6.07, 6.45) is 6.09. The highest BCUT2D eigenvalue weighted by atomic mass is 32.2. The highest BCUT2D eigenvalue weighted by molar-refractivity contribution is 7.90. The smallest absolute Gasteiger partial charge is 0.175 e. The molecule has 100 valence electrons. The summed E-state index contributed by atoms with van der Waals surface area (Å²) < 4.78 is 22.8. The molecule has 0 aliphatic heterocycles. The maximum Gasteiger partial charge on any atom is 0.175 e. The second-order valence-corrected chi connectivity index (χ2v) is 7.05. The zero-order valence-electron chi connectivity index (χ0n) is 10.6. The Kier molecular flexibility index (Phi) is 4.04. The van der Waals surface area contributed by atoms with Crippen molar-refractivity contribution >= 4 is 9.84 Å². The lowest BCUT2D eigenvalue weighted by molar-refractivity contribution is 0.373. The first kappa shape index (κ1) is 13.5. The minimum atomic E-state index is -3.12. The van der Waals surface area contributed by atoms with Crippen molar-refractivity contribution < 1.29 is 8.42 Å². The van der Waals surface area contributed by atoms with Gasteiger partial charge in [0.2, 0.25) is 0 Å². The highest BCUT2D eigenvalue weighted by Gasteiger charge is 2.25. The third-order valence-electron chi connectivity index (χ3n) is 3.72. The van der Waals surface area contributed by atoms with E-state index in [9.17, 15) is 8.42 Å². The van der Waals surface area contributed by atoms with Crippen molar-refractivity contribution in [2.45, 2.75) is 36.6 Å². The molecule has 1 saturated carbocycles. The topological polar surface area (TPSA) is 72.2 Å². The summed E-state index contributed by atoms with van der Waals surface area (Å²) in [6, 6.07) is 7.16. The Morgan fingerprint density at radius 1 is 1.22 bits per heavy atom. The summed E-state index contributed by atoms with van der Waals surface area (Å²) in [5.74, 6) is 6.19. The monoisotopic (exact) mass is 268 g/mol. The second-order valence-electron chi connectivity index (χ2n) is 5.03. The Balaban J connectivity index is 2.21. The van der Waals surface area contributed by atoms with Crippen molar-refractivity contribution in [3.63, 3.8) is 0 Å². The van der Waals surface area contributed by atoms with E-state index in [1.807, 2.05) is 12.1 Å². The Morgan fingerprint density at radius 2 is 1.78 bits per heavy atom. The van der Waals surface area contributed by atoms with Crippen molar-refractivity contribution in [3.8, 4) is 0 Å². The van der Waals surface area contributed by atoms with E-state index in [0.29, 0.717) is 10.8 Å². The quantitative estimate of drug-likeness (QED) is 0.645. The van der Waals surface area contributed by atoms with Gasteiger partial charge in [-0.25, -0.2) is 8.42 Å². The van der Waals surface area contributed by atoms with Crippen LogP contribution >= 0.6 is 0 Å². The summed E-state index contributed by atoms with van der Waals surface area (Å²) in [6.45, 7) is 0. The zero-order chi connectivity index (χ0) is 13.2. The molecule has 2 rings (SSSR count). The van der Waals surface area contributed by atoms with Gasteiger partial charge in [-0.1, -0.05) is 25.0 Å². The molecule has 5 heteroatoms. The van der Waals surface area contributed by atoms with E-state index in [0.717, 1.165) is 5.56 Å². The number of hydrogen-bond donors (Lipinski definition) is 2. The number of sulfone groups is 1. The van der Waals surface area contributed by atoms with Crippen LogP contribution in [0.2, 0.25) is 0 Å². The van der Waals surface area contributed by atoms with Crippen LogP contribution in [-0.2, 0) is 9.84 Å². The van der Waals surface area contributed by atoms with Crippen LogP contribution in [0, 0.1) is 5.92 Å².